The highest BCUT2D eigenvalue weighted by molar-refractivity contribution is 7.87. The first kappa shape index (κ1) is 16.8. The molecular weight excluding hydrogens is 264 g/mol. The van der Waals surface area contributed by atoms with E-state index >= 15 is 0 Å². The van der Waals surface area contributed by atoms with Crippen LogP contribution in [0.2, 0.25) is 0 Å². The Morgan fingerprint density at radius 2 is 2.11 bits per heavy atom. The molecule has 7 heteroatoms. The van der Waals surface area contributed by atoms with Crippen molar-refractivity contribution in [3.63, 3.8) is 0 Å². The molecule has 1 fully saturated rings. The average molecular weight is 292 g/mol. The van der Waals surface area contributed by atoms with Gasteiger partial charge in [-0.05, 0) is 33.0 Å². The summed E-state index contributed by atoms with van der Waals surface area (Å²) in [6.07, 6.45) is 1.71. The molecule has 1 unspecified atom stereocenters. The summed E-state index contributed by atoms with van der Waals surface area (Å²) in [5, 5.41) is 3.28. The van der Waals surface area contributed by atoms with E-state index in [-0.39, 0.29) is 6.04 Å². The van der Waals surface area contributed by atoms with Gasteiger partial charge >= 0.3 is 0 Å². The fourth-order valence-corrected chi connectivity index (χ4v) is 3.31. The number of hydrogen-bond donors (Lipinski definition) is 2. The fraction of sp³-hybridized carbons (Fsp3) is 1.00. The second kappa shape index (κ2) is 7.54. The van der Waals surface area contributed by atoms with Crippen LogP contribution in [0, 0.1) is 0 Å². The Labute approximate surface area is 117 Å². The minimum atomic E-state index is -3.34. The molecule has 0 spiro atoms. The van der Waals surface area contributed by atoms with Gasteiger partial charge in [-0.1, -0.05) is 13.8 Å². The van der Waals surface area contributed by atoms with Crippen molar-refractivity contribution in [1.29, 1.82) is 0 Å². The first-order chi connectivity index (χ1) is 8.81. The van der Waals surface area contributed by atoms with Gasteiger partial charge in [0.25, 0.3) is 10.2 Å². The van der Waals surface area contributed by atoms with Crippen LogP contribution in [0.3, 0.4) is 0 Å². The van der Waals surface area contributed by atoms with Gasteiger partial charge in [-0.3, -0.25) is 0 Å². The van der Waals surface area contributed by atoms with Gasteiger partial charge in [0.2, 0.25) is 0 Å². The number of likely N-dealkylation sites (N-methyl/N-ethyl adjacent to an activating group) is 1. The molecule has 0 aromatic heterocycles. The van der Waals surface area contributed by atoms with Gasteiger partial charge in [-0.25, -0.2) is 0 Å². The number of hydrogen-bond acceptors (Lipinski definition) is 4. The van der Waals surface area contributed by atoms with Crippen molar-refractivity contribution < 1.29 is 8.42 Å². The SMILES string of the molecule is CC(C)NCCCN(C)S(=O)(=O)NC1CCN(C)C1. The molecule has 0 bridgehead atoms. The summed E-state index contributed by atoms with van der Waals surface area (Å²) >= 11 is 0. The van der Waals surface area contributed by atoms with E-state index in [1.807, 2.05) is 7.05 Å². The van der Waals surface area contributed by atoms with Crippen molar-refractivity contribution >= 4 is 10.2 Å². The number of nitrogens with zero attached hydrogens (tertiary/aromatic N) is 2. The van der Waals surface area contributed by atoms with Crippen LogP contribution < -0.4 is 10.0 Å². The van der Waals surface area contributed by atoms with E-state index in [2.05, 4.69) is 28.8 Å². The summed E-state index contributed by atoms with van der Waals surface area (Å²) in [6.45, 7) is 7.29. The van der Waals surface area contributed by atoms with Crippen LogP contribution in [0.25, 0.3) is 0 Å². The molecule has 1 aliphatic heterocycles. The second-order valence-electron chi connectivity index (χ2n) is 5.65. The zero-order valence-electron chi connectivity index (χ0n) is 12.5. The standard InChI is InChI=1S/C12H28N4O2S/c1-11(2)13-7-5-8-16(4)19(17,18)14-12-6-9-15(3)10-12/h11-14H,5-10H2,1-4H3. The summed E-state index contributed by atoms with van der Waals surface area (Å²) < 4.78 is 28.4. The van der Waals surface area contributed by atoms with Crippen molar-refractivity contribution in [1.82, 2.24) is 19.2 Å². The maximum atomic E-state index is 12.1. The lowest BCUT2D eigenvalue weighted by atomic mass is 10.3. The zero-order valence-corrected chi connectivity index (χ0v) is 13.3. The van der Waals surface area contributed by atoms with Crippen molar-refractivity contribution in [3.8, 4) is 0 Å². The normalized spacial score (nSPS) is 21.7. The molecule has 0 aromatic carbocycles. The minimum Gasteiger partial charge on any atom is -0.314 e. The number of nitrogens with one attached hydrogen (secondary N) is 2. The summed E-state index contributed by atoms with van der Waals surface area (Å²) in [6, 6.07) is 0.486. The van der Waals surface area contributed by atoms with Gasteiger partial charge in [0, 0.05) is 32.2 Å². The number of likely N-dealkylation sites (tertiary alicyclic amines) is 1. The Morgan fingerprint density at radius 3 is 2.63 bits per heavy atom. The highest BCUT2D eigenvalue weighted by Crippen LogP contribution is 2.08. The van der Waals surface area contributed by atoms with Crippen LogP contribution in [-0.2, 0) is 10.2 Å². The van der Waals surface area contributed by atoms with E-state index in [1.165, 1.54) is 4.31 Å². The lowest BCUT2D eigenvalue weighted by Crippen LogP contribution is -2.45. The first-order valence-corrected chi connectivity index (χ1v) is 8.41. The summed E-state index contributed by atoms with van der Waals surface area (Å²) in [5.41, 5.74) is 0. The minimum absolute atomic E-state index is 0.0474. The third-order valence-corrected chi connectivity index (χ3v) is 4.95. The van der Waals surface area contributed by atoms with Gasteiger partial charge in [-0.2, -0.15) is 17.4 Å². The van der Waals surface area contributed by atoms with E-state index in [0.717, 1.165) is 32.5 Å². The van der Waals surface area contributed by atoms with Crippen molar-refractivity contribution in [3.05, 3.63) is 0 Å². The number of rotatable bonds is 8. The highest BCUT2D eigenvalue weighted by atomic mass is 32.2. The summed E-state index contributed by atoms with van der Waals surface area (Å²) in [7, 11) is 0.306. The molecule has 0 aliphatic carbocycles. The van der Waals surface area contributed by atoms with E-state index < -0.39 is 10.2 Å². The van der Waals surface area contributed by atoms with Crippen molar-refractivity contribution in [2.75, 3.05) is 40.3 Å². The highest BCUT2D eigenvalue weighted by Gasteiger charge is 2.26. The quantitative estimate of drug-likeness (QED) is 0.611. The lowest BCUT2D eigenvalue weighted by Gasteiger charge is -2.21. The molecule has 19 heavy (non-hydrogen) atoms. The lowest BCUT2D eigenvalue weighted by molar-refractivity contribution is 0.400. The largest absolute Gasteiger partial charge is 0.314 e. The third kappa shape index (κ3) is 6.18. The predicted molar refractivity (Wildman–Crippen MR) is 78.3 cm³/mol. The Balaban J connectivity index is 2.31. The fourth-order valence-electron chi connectivity index (χ4n) is 2.14. The maximum absolute atomic E-state index is 12.1. The van der Waals surface area contributed by atoms with Crippen LogP contribution in [0.5, 0.6) is 0 Å². The summed E-state index contributed by atoms with van der Waals surface area (Å²) in [4.78, 5) is 2.14. The third-order valence-electron chi connectivity index (χ3n) is 3.32. The molecule has 1 saturated heterocycles. The van der Waals surface area contributed by atoms with Crippen molar-refractivity contribution in [2.45, 2.75) is 38.8 Å². The molecule has 114 valence electrons. The Morgan fingerprint density at radius 1 is 1.42 bits per heavy atom. The Hall–Kier alpha value is -0.210. The molecule has 0 saturated carbocycles. The molecule has 1 aliphatic rings. The Kier molecular flexibility index (Phi) is 6.68. The molecule has 0 aromatic rings. The van der Waals surface area contributed by atoms with Crippen LogP contribution in [0.15, 0.2) is 0 Å². The summed E-state index contributed by atoms with van der Waals surface area (Å²) in [5.74, 6) is 0. The second-order valence-corrected chi connectivity index (χ2v) is 7.46. The van der Waals surface area contributed by atoms with E-state index in [0.29, 0.717) is 12.6 Å². The van der Waals surface area contributed by atoms with E-state index in [1.54, 1.807) is 7.05 Å². The first-order valence-electron chi connectivity index (χ1n) is 6.97. The smallest absolute Gasteiger partial charge is 0.279 e. The van der Waals surface area contributed by atoms with Crippen molar-refractivity contribution in [2.24, 2.45) is 0 Å². The molecule has 2 N–H and O–H groups in total. The molecule has 6 nitrogen and oxygen atoms in total. The molecule has 0 amide bonds. The van der Waals surface area contributed by atoms with E-state index in [9.17, 15) is 8.42 Å². The Bertz CT molecular complexity index is 359. The van der Waals surface area contributed by atoms with Crippen LogP contribution >= 0.6 is 0 Å². The predicted octanol–water partition coefficient (Wildman–Crippen LogP) is -0.155. The molecule has 1 rings (SSSR count). The van der Waals surface area contributed by atoms with Gasteiger partial charge in [0.15, 0.2) is 0 Å². The van der Waals surface area contributed by atoms with Gasteiger partial charge in [0.05, 0.1) is 0 Å². The molecular formula is C12H28N4O2S. The zero-order chi connectivity index (χ0) is 14.5. The molecule has 1 heterocycles. The van der Waals surface area contributed by atoms with Crippen LogP contribution in [-0.4, -0.2) is 70.0 Å². The van der Waals surface area contributed by atoms with Gasteiger partial charge < -0.3 is 10.2 Å². The topological polar surface area (TPSA) is 64.7 Å². The molecule has 1 atom stereocenters. The van der Waals surface area contributed by atoms with Crippen LogP contribution in [0.1, 0.15) is 26.7 Å². The average Bonchev–Trinajstić information content (AvgIpc) is 2.68. The monoisotopic (exact) mass is 292 g/mol. The molecule has 0 radical (unpaired) electrons. The van der Waals surface area contributed by atoms with Gasteiger partial charge in [0.1, 0.15) is 0 Å². The van der Waals surface area contributed by atoms with Crippen LogP contribution in [0.4, 0.5) is 0 Å². The maximum Gasteiger partial charge on any atom is 0.279 e. The van der Waals surface area contributed by atoms with E-state index in [4.69, 9.17) is 0 Å². The van der Waals surface area contributed by atoms with Gasteiger partial charge in [-0.15, -0.1) is 0 Å².